The molecule has 0 radical (unpaired) electrons. The molecule has 0 unspecified atom stereocenters. The Morgan fingerprint density at radius 3 is 2.68 bits per heavy atom. The summed E-state index contributed by atoms with van der Waals surface area (Å²) in [5.74, 6) is 0.357. The van der Waals surface area contributed by atoms with Gasteiger partial charge in [-0.25, -0.2) is 0 Å². The molecule has 6 heteroatoms. The van der Waals surface area contributed by atoms with Crippen LogP contribution < -0.4 is 0 Å². The molecule has 1 aromatic heterocycles. The van der Waals surface area contributed by atoms with Crippen molar-refractivity contribution in [1.29, 1.82) is 0 Å². The molecule has 6 nitrogen and oxygen atoms in total. The van der Waals surface area contributed by atoms with Crippen LogP contribution in [-0.4, -0.2) is 35.0 Å². The summed E-state index contributed by atoms with van der Waals surface area (Å²) in [5.41, 5.74) is -0.198. The molecular weight excluding hydrogens is 248 g/mol. The highest BCUT2D eigenvalue weighted by atomic mass is 16.5. The number of ether oxygens (including phenoxy) is 1. The monoisotopic (exact) mass is 268 g/mol. The Morgan fingerprint density at radius 1 is 1.37 bits per heavy atom. The molecule has 1 heterocycles. The predicted molar refractivity (Wildman–Crippen MR) is 66.7 cm³/mol. The lowest BCUT2D eigenvalue weighted by Crippen LogP contribution is -2.24. The quantitative estimate of drug-likeness (QED) is 0.812. The molecule has 0 spiro atoms. The van der Waals surface area contributed by atoms with Crippen molar-refractivity contribution in [2.75, 3.05) is 13.7 Å². The molecule has 1 aliphatic carbocycles. The third-order valence-corrected chi connectivity index (χ3v) is 3.75. The Bertz CT molecular complexity index is 424. The highest BCUT2D eigenvalue weighted by Crippen LogP contribution is 2.43. The maximum absolute atomic E-state index is 11.0. The van der Waals surface area contributed by atoms with Crippen molar-refractivity contribution < 1.29 is 19.1 Å². The van der Waals surface area contributed by atoms with Gasteiger partial charge in [-0.1, -0.05) is 12.8 Å². The van der Waals surface area contributed by atoms with E-state index >= 15 is 0 Å². The first-order valence-electron chi connectivity index (χ1n) is 6.65. The summed E-state index contributed by atoms with van der Waals surface area (Å²) < 4.78 is 10.5. The minimum Gasteiger partial charge on any atom is -0.481 e. The molecule has 1 N–H and O–H groups in total. The first-order valence-corrected chi connectivity index (χ1v) is 6.65. The van der Waals surface area contributed by atoms with Crippen molar-refractivity contribution in [2.24, 2.45) is 5.41 Å². The van der Waals surface area contributed by atoms with Crippen LogP contribution >= 0.6 is 0 Å². The molecule has 1 aliphatic rings. The van der Waals surface area contributed by atoms with Gasteiger partial charge in [0.05, 0.1) is 13.0 Å². The van der Waals surface area contributed by atoms with Crippen LogP contribution in [0.25, 0.3) is 0 Å². The van der Waals surface area contributed by atoms with E-state index < -0.39 is 5.97 Å². The van der Waals surface area contributed by atoms with Crippen LogP contribution in [0.2, 0.25) is 0 Å². The van der Waals surface area contributed by atoms with Gasteiger partial charge in [0, 0.05) is 20.0 Å². The summed E-state index contributed by atoms with van der Waals surface area (Å²) in [7, 11) is 1.62. The lowest BCUT2D eigenvalue weighted by Gasteiger charge is -2.24. The number of hydrogen-bond donors (Lipinski definition) is 1. The van der Waals surface area contributed by atoms with Gasteiger partial charge in [0.25, 0.3) is 0 Å². The van der Waals surface area contributed by atoms with Gasteiger partial charge in [-0.05, 0) is 18.3 Å². The summed E-state index contributed by atoms with van der Waals surface area (Å²) >= 11 is 0. The lowest BCUT2D eigenvalue weighted by atomic mass is 9.79. The van der Waals surface area contributed by atoms with E-state index in [1.165, 1.54) is 0 Å². The van der Waals surface area contributed by atoms with Crippen LogP contribution in [-0.2, 0) is 22.4 Å². The zero-order chi connectivity index (χ0) is 13.7. The van der Waals surface area contributed by atoms with Crippen molar-refractivity contribution >= 4 is 5.97 Å². The minimum absolute atomic E-state index is 0.183. The Labute approximate surface area is 112 Å². The average molecular weight is 268 g/mol. The van der Waals surface area contributed by atoms with Gasteiger partial charge in [-0.3, -0.25) is 4.79 Å². The third kappa shape index (κ3) is 3.76. The van der Waals surface area contributed by atoms with Crippen LogP contribution in [0.1, 0.15) is 43.9 Å². The molecule has 0 amide bonds. The summed E-state index contributed by atoms with van der Waals surface area (Å²) in [6.45, 7) is 0.544. The van der Waals surface area contributed by atoms with Crippen LogP contribution in [0.3, 0.4) is 0 Å². The minimum atomic E-state index is -0.749. The van der Waals surface area contributed by atoms with E-state index in [9.17, 15) is 4.79 Å². The molecule has 2 rings (SSSR count). The number of aromatic nitrogens is 2. The van der Waals surface area contributed by atoms with Crippen LogP contribution in [0.5, 0.6) is 0 Å². The standard InChI is InChI=1S/C13H20N2O4/c1-18-7-4-10-14-15-11(19-10)8-13(9-12(16)17)5-2-3-6-13/h2-9H2,1H3,(H,16,17). The van der Waals surface area contributed by atoms with E-state index in [-0.39, 0.29) is 11.8 Å². The zero-order valence-electron chi connectivity index (χ0n) is 11.2. The SMILES string of the molecule is COCCc1nnc(CC2(CC(=O)O)CCCC2)o1. The van der Waals surface area contributed by atoms with Crippen LogP contribution in [0, 0.1) is 5.41 Å². The molecule has 19 heavy (non-hydrogen) atoms. The number of carboxylic acid groups (broad SMARTS) is 1. The van der Waals surface area contributed by atoms with Crippen molar-refractivity contribution in [1.82, 2.24) is 10.2 Å². The number of carbonyl (C=O) groups is 1. The van der Waals surface area contributed by atoms with Gasteiger partial charge in [0.2, 0.25) is 11.8 Å². The van der Waals surface area contributed by atoms with Gasteiger partial charge in [0.15, 0.2) is 0 Å². The van der Waals surface area contributed by atoms with E-state index in [4.69, 9.17) is 14.3 Å². The second-order valence-electron chi connectivity index (χ2n) is 5.29. The van der Waals surface area contributed by atoms with E-state index in [1.54, 1.807) is 7.11 Å². The number of rotatable bonds is 7. The van der Waals surface area contributed by atoms with Crippen molar-refractivity contribution in [3.05, 3.63) is 11.8 Å². The highest BCUT2D eigenvalue weighted by Gasteiger charge is 2.37. The first-order chi connectivity index (χ1) is 9.13. The van der Waals surface area contributed by atoms with Crippen LogP contribution in [0.4, 0.5) is 0 Å². The fourth-order valence-corrected chi connectivity index (χ4v) is 2.83. The molecule has 0 bridgehead atoms. The van der Waals surface area contributed by atoms with Gasteiger partial charge in [-0.15, -0.1) is 10.2 Å². The van der Waals surface area contributed by atoms with E-state index in [0.717, 1.165) is 25.7 Å². The van der Waals surface area contributed by atoms with E-state index in [2.05, 4.69) is 10.2 Å². The number of nitrogens with zero attached hydrogens (tertiary/aromatic N) is 2. The summed E-state index contributed by atoms with van der Waals surface area (Å²) in [6, 6.07) is 0. The van der Waals surface area contributed by atoms with Crippen LogP contribution in [0.15, 0.2) is 4.42 Å². The summed E-state index contributed by atoms with van der Waals surface area (Å²) in [5, 5.41) is 17.0. The normalized spacial score (nSPS) is 17.7. The molecule has 1 aromatic rings. The Balaban J connectivity index is 2.00. The van der Waals surface area contributed by atoms with Gasteiger partial charge in [-0.2, -0.15) is 0 Å². The smallest absolute Gasteiger partial charge is 0.303 e. The second kappa shape index (κ2) is 6.14. The van der Waals surface area contributed by atoms with E-state index in [0.29, 0.717) is 31.2 Å². The Hall–Kier alpha value is -1.43. The third-order valence-electron chi connectivity index (χ3n) is 3.75. The maximum atomic E-state index is 11.0. The fraction of sp³-hybridized carbons (Fsp3) is 0.769. The number of methoxy groups -OCH3 is 1. The number of aliphatic carboxylic acids is 1. The molecule has 0 aliphatic heterocycles. The number of carboxylic acids is 1. The van der Waals surface area contributed by atoms with Crippen molar-refractivity contribution in [2.45, 2.75) is 44.9 Å². The van der Waals surface area contributed by atoms with Gasteiger partial charge < -0.3 is 14.3 Å². The molecule has 1 fully saturated rings. The van der Waals surface area contributed by atoms with E-state index in [1.807, 2.05) is 0 Å². The highest BCUT2D eigenvalue weighted by molar-refractivity contribution is 5.67. The van der Waals surface area contributed by atoms with Crippen molar-refractivity contribution in [3.8, 4) is 0 Å². The molecule has 0 saturated heterocycles. The molecule has 0 aromatic carbocycles. The fourth-order valence-electron chi connectivity index (χ4n) is 2.83. The molecule has 1 saturated carbocycles. The molecule has 0 atom stereocenters. The first kappa shape index (κ1) is 14.0. The summed E-state index contributed by atoms with van der Waals surface area (Å²) in [4.78, 5) is 11.0. The molecule has 106 valence electrons. The Kier molecular flexibility index (Phi) is 4.52. The Morgan fingerprint density at radius 2 is 2.05 bits per heavy atom. The lowest BCUT2D eigenvalue weighted by molar-refractivity contribution is -0.139. The van der Waals surface area contributed by atoms with Gasteiger partial charge >= 0.3 is 5.97 Å². The number of hydrogen-bond acceptors (Lipinski definition) is 5. The average Bonchev–Trinajstić information content (AvgIpc) is 2.96. The topological polar surface area (TPSA) is 85.5 Å². The predicted octanol–water partition coefficient (Wildman–Crippen LogP) is 1.84. The second-order valence-corrected chi connectivity index (χ2v) is 5.29. The maximum Gasteiger partial charge on any atom is 0.303 e. The zero-order valence-corrected chi connectivity index (χ0v) is 11.2. The summed E-state index contributed by atoms with van der Waals surface area (Å²) in [6.07, 6.45) is 5.36. The largest absolute Gasteiger partial charge is 0.481 e. The molecular formula is C13H20N2O4. The van der Waals surface area contributed by atoms with Crippen molar-refractivity contribution in [3.63, 3.8) is 0 Å². The van der Waals surface area contributed by atoms with Gasteiger partial charge in [0.1, 0.15) is 0 Å².